The summed E-state index contributed by atoms with van der Waals surface area (Å²) in [5, 5.41) is 10.2. The van der Waals surface area contributed by atoms with E-state index in [4.69, 9.17) is 9.47 Å². The molecule has 1 aliphatic heterocycles. The first kappa shape index (κ1) is 19.7. The lowest BCUT2D eigenvalue weighted by atomic mass is 10.1. The zero-order valence-electron chi connectivity index (χ0n) is 16.6. The first-order valence-corrected chi connectivity index (χ1v) is 9.27. The van der Waals surface area contributed by atoms with Crippen LogP contribution in [0, 0.1) is 0 Å². The Balaban J connectivity index is 1.59. The molecule has 1 aromatic heterocycles. The van der Waals surface area contributed by atoms with Crippen molar-refractivity contribution in [3.05, 3.63) is 41.2 Å². The summed E-state index contributed by atoms with van der Waals surface area (Å²) in [4.78, 5) is 24.6. The van der Waals surface area contributed by atoms with E-state index in [2.05, 4.69) is 15.7 Å². The van der Waals surface area contributed by atoms with Gasteiger partial charge in [-0.2, -0.15) is 5.10 Å². The summed E-state index contributed by atoms with van der Waals surface area (Å²) in [5.41, 5.74) is 2.12. The molecule has 0 spiro atoms. The molecule has 28 heavy (non-hydrogen) atoms. The van der Waals surface area contributed by atoms with Gasteiger partial charge < -0.3 is 20.1 Å². The van der Waals surface area contributed by atoms with Crippen molar-refractivity contribution in [2.45, 2.75) is 45.3 Å². The molecule has 2 aromatic rings. The lowest BCUT2D eigenvalue weighted by molar-refractivity contribution is -0.121. The van der Waals surface area contributed by atoms with Crippen LogP contribution in [0.1, 0.15) is 35.6 Å². The number of aromatic nitrogens is 2. The molecule has 8 nitrogen and oxygen atoms in total. The first-order chi connectivity index (χ1) is 13.4. The third kappa shape index (κ3) is 4.44. The van der Waals surface area contributed by atoms with Gasteiger partial charge in [-0.3, -0.25) is 14.3 Å². The number of carbonyl (C=O) groups excluding carboxylic acids is 2. The normalized spacial score (nSPS) is 15.2. The lowest BCUT2D eigenvalue weighted by Crippen LogP contribution is -2.37. The summed E-state index contributed by atoms with van der Waals surface area (Å²) >= 11 is 0. The molecule has 0 bridgehead atoms. The number of methoxy groups -OCH3 is 2. The number of nitrogens with zero attached hydrogens (tertiary/aromatic N) is 2. The quantitative estimate of drug-likeness (QED) is 0.749. The highest BCUT2D eigenvalue weighted by molar-refractivity contribution is 5.92. The Kier molecular flexibility index (Phi) is 5.87. The van der Waals surface area contributed by atoms with Crippen LogP contribution in [-0.2, 0) is 24.2 Å². The summed E-state index contributed by atoms with van der Waals surface area (Å²) in [7, 11) is 3.16. The van der Waals surface area contributed by atoms with Crippen LogP contribution in [0.2, 0.25) is 0 Å². The summed E-state index contributed by atoms with van der Waals surface area (Å²) < 4.78 is 12.3. The van der Waals surface area contributed by atoms with Crippen LogP contribution in [0.3, 0.4) is 0 Å². The molecule has 0 aliphatic carbocycles. The van der Waals surface area contributed by atoms with Crippen LogP contribution >= 0.6 is 0 Å². The zero-order chi connectivity index (χ0) is 20.3. The Morgan fingerprint density at radius 2 is 2.04 bits per heavy atom. The third-order valence-electron chi connectivity index (χ3n) is 4.57. The maximum atomic E-state index is 12.5. The molecule has 1 atom stereocenters. The topological polar surface area (TPSA) is 94.5 Å². The van der Waals surface area contributed by atoms with E-state index in [1.54, 1.807) is 43.2 Å². The SMILES string of the molecule is COc1ccc(OC)c(CC(=O)NC2Cc3cc(C(=O)NC(C)C)nn3C2)c1. The molecule has 2 N–H and O–H groups in total. The molecule has 1 aromatic carbocycles. The van der Waals surface area contributed by atoms with Gasteiger partial charge in [0.05, 0.1) is 33.2 Å². The summed E-state index contributed by atoms with van der Waals surface area (Å²) in [6.45, 7) is 4.36. The standard InChI is InChI=1S/C20H26N4O4/c1-12(2)21-20(26)17-10-15-9-14(11-24(15)23-17)22-19(25)8-13-7-16(27-3)5-6-18(13)28-4/h5-7,10,12,14H,8-9,11H2,1-4H3,(H,21,26)(H,22,25). The van der Waals surface area contributed by atoms with Gasteiger partial charge in [0.15, 0.2) is 0 Å². The number of benzene rings is 1. The molecule has 0 radical (unpaired) electrons. The molecule has 2 heterocycles. The molecule has 8 heteroatoms. The van der Waals surface area contributed by atoms with Gasteiger partial charge in [0.2, 0.25) is 5.91 Å². The van der Waals surface area contributed by atoms with Crippen molar-refractivity contribution in [3.63, 3.8) is 0 Å². The minimum absolute atomic E-state index is 0.0474. The highest BCUT2D eigenvalue weighted by Crippen LogP contribution is 2.24. The van der Waals surface area contributed by atoms with E-state index in [0.717, 1.165) is 11.3 Å². The monoisotopic (exact) mass is 386 g/mol. The van der Waals surface area contributed by atoms with Crippen molar-refractivity contribution in [2.24, 2.45) is 0 Å². The molecule has 0 saturated heterocycles. The second-order valence-electron chi connectivity index (χ2n) is 7.15. The maximum Gasteiger partial charge on any atom is 0.271 e. The average molecular weight is 386 g/mol. The van der Waals surface area contributed by atoms with Crippen molar-refractivity contribution >= 4 is 11.8 Å². The van der Waals surface area contributed by atoms with Crippen molar-refractivity contribution in [1.82, 2.24) is 20.4 Å². The number of fused-ring (bicyclic) bond motifs is 1. The molecule has 3 rings (SSSR count). The van der Waals surface area contributed by atoms with Crippen molar-refractivity contribution in [2.75, 3.05) is 14.2 Å². The molecule has 1 aliphatic rings. The number of hydrogen-bond donors (Lipinski definition) is 2. The van der Waals surface area contributed by atoms with Crippen molar-refractivity contribution in [1.29, 1.82) is 0 Å². The predicted octanol–water partition coefficient (Wildman–Crippen LogP) is 1.32. The fourth-order valence-electron chi connectivity index (χ4n) is 3.32. The minimum atomic E-state index is -0.178. The Bertz CT molecular complexity index is 852. The molecular weight excluding hydrogens is 360 g/mol. The maximum absolute atomic E-state index is 12.5. The Morgan fingerprint density at radius 1 is 1.25 bits per heavy atom. The van der Waals surface area contributed by atoms with Crippen LogP contribution in [0.5, 0.6) is 11.5 Å². The number of ether oxygens (including phenoxy) is 2. The Labute approximate surface area is 164 Å². The number of nitrogens with one attached hydrogen (secondary N) is 2. The van der Waals surface area contributed by atoms with Crippen LogP contribution in [-0.4, -0.2) is 47.9 Å². The number of hydrogen-bond acceptors (Lipinski definition) is 5. The van der Waals surface area contributed by atoms with E-state index in [-0.39, 0.29) is 30.3 Å². The van der Waals surface area contributed by atoms with E-state index in [9.17, 15) is 9.59 Å². The van der Waals surface area contributed by atoms with E-state index < -0.39 is 0 Å². The van der Waals surface area contributed by atoms with Gasteiger partial charge in [-0.1, -0.05) is 0 Å². The fraction of sp³-hybridized carbons (Fsp3) is 0.450. The van der Waals surface area contributed by atoms with Crippen LogP contribution < -0.4 is 20.1 Å². The van der Waals surface area contributed by atoms with Crippen LogP contribution in [0.4, 0.5) is 0 Å². The van der Waals surface area contributed by atoms with Crippen molar-refractivity contribution in [3.8, 4) is 11.5 Å². The molecule has 1 unspecified atom stereocenters. The van der Waals surface area contributed by atoms with Gasteiger partial charge >= 0.3 is 0 Å². The van der Waals surface area contributed by atoms with Gasteiger partial charge in [0, 0.05) is 23.7 Å². The summed E-state index contributed by atoms with van der Waals surface area (Å²) in [6, 6.07) is 7.19. The highest BCUT2D eigenvalue weighted by atomic mass is 16.5. The van der Waals surface area contributed by atoms with E-state index in [1.807, 2.05) is 13.8 Å². The van der Waals surface area contributed by atoms with Crippen LogP contribution in [0.15, 0.2) is 24.3 Å². The van der Waals surface area contributed by atoms with Crippen molar-refractivity contribution < 1.29 is 19.1 Å². The largest absolute Gasteiger partial charge is 0.497 e. The van der Waals surface area contributed by atoms with Gasteiger partial charge in [-0.25, -0.2) is 0 Å². The van der Waals surface area contributed by atoms with Gasteiger partial charge in [0.25, 0.3) is 5.91 Å². The number of carbonyl (C=O) groups is 2. The smallest absolute Gasteiger partial charge is 0.271 e. The molecule has 0 saturated carbocycles. The summed E-state index contributed by atoms with van der Waals surface area (Å²) in [6.07, 6.45) is 0.837. The van der Waals surface area contributed by atoms with E-state index in [0.29, 0.717) is 30.2 Å². The summed E-state index contributed by atoms with van der Waals surface area (Å²) in [5.74, 6) is 1.05. The van der Waals surface area contributed by atoms with Crippen LogP contribution in [0.25, 0.3) is 0 Å². The first-order valence-electron chi connectivity index (χ1n) is 9.27. The molecule has 0 fully saturated rings. The average Bonchev–Trinajstić information content (AvgIpc) is 3.19. The van der Waals surface area contributed by atoms with Gasteiger partial charge in [0.1, 0.15) is 17.2 Å². The molecular formula is C20H26N4O4. The second kappa shape index (κ2) is 8.33. The van der Waals surface area contributed by atoms with Gasteiger partial charge in [-0.15, -0.1) is 0 Å². The minimum Gasteiger partial charge on any atom is -0.497 e. The number of rotatable bonds is 7. The Hall–Kier alpha value is -3.03. The number of amides is 2. The molecule has 2 amide bonds. The Morgan fingerprint density at radius 3 is 2.68 bits per heavy atom. The third-order valence-corrected chi connectivity index (χ3v) is 4.57. The fourth-order valence-corrected chi connectivity index (χ4v) is 3.32. The van der Waals surface area contributed by atoms with E-state index in [1.165, 1.54) is 0 Å². The molecule has 150 valence electrons. The predicted molar refractivity (Wildman–Crippen MR) is 104 cm³/mol. The second-order valence-corrected chi connectivity index (χ2v) is 7.15. The highest BCUT2D eigenvalue weighted by Gasteiger charge is 2.26. The van der Waals surface area contributed by atoms with E-state index >= 15 is 0 Å². The lowest BCUT2D eigenvalue weighted by Gasteiger charge is -2.14. The van der Waals surface area contributed by atoms with Gasteiger partial charge in [-0.05, 0) is 38.1 Å². The zero-order valence-corrected chi connectivity index (χ0v) is 16.6.